The Morgan fingerprint density at radius 1 is 1.11 bits per heavy atom. The lowest BCUT2D eigenvalue weighted by atomic mass is 10.1. The van der Waals surface area contributed by atoms with Crippen molar-refractivity contribution < 1.29 is 0 Å². The van der Waals surface area contributed by atoms with Crippen LogP contribution < -0.4 is 9.80 Å². The molecule has 2 aromatic heterocycles. The van der Waals surface area contributed by atoms with Gasteiger partial charge in [0, 0.05) is 23.6 Å². The molecule has 0 aliphatic carbocycles. The van der Waals surface area contributed by atoms with Gasteiger partial charge in [0.05, 0.1) is 18.1 Å². The minimum atomic E-state index is 0.475. The third-order valence-electron chi connectivity index (χ3n) is 5.29. The summed E-state index contributed by atoms with van der Waals surface area (Å²) in [6, 6.07) is 17.4. The van der Waals surface area contributed by atoms with Gasteiger partial charge in [-0.2, -0.15) is 5.10 Å². The van der Waals surface area contributed by atoms with Gasteiger partial charge in [0.25, 0.3) is 0 Å². The van der Waals surface area contributed by atoms with Gasteiger partial charge in [-0.05, 0) is 63.4 Å². The molecule has 1 unspecified atom stereocenters. The van der Waals surface area contributed by atoms with E-state index < -0.39 is 0 Å². The molecule has 0 saturated heterocycles. The Morgan fingerprint density at radius 3 is 2.74 bits per heavy atom. The van der Waals surface area contributed by atoms with Crippen LogP contribution >= 0.6 is 0 Å². The summed E-state index contributed by atoms with van der Waals surface area (Å²) in [6.07, 6.45) is 6.47. The number of H-pyrrole nitrogens is 1. The Bertz CT molecular complexity index is 873. The fourth-order valence-corrected chi connectivity index (χ4v) is 3.81. The van der Waals surface area contributed by atoms with Crippen LogP contribution in [-0.4, -0.2) is 27.9 Å². The average Bonchev–Trinajstić information content (AvgIpc) is 3.29. The van der Waals surface area contributed by atoms with E-state index in [2.05, 4.69) is 81.3 Å². The smallest absolute Gasteiger partial charge is 0.158 e. The summed E-state index contributed by atoms with van der Waals surface area (Å²) in [4.78, 5) is 9.44. The first kappa shape index (κ1) is 17.6. The van der Waals surface area contributed by atoms with Gasteiger partial charge in [0.2, 0.25) is 0 Å². The molecule has 1 N–H and O–H groups in total. The average molecular weight is 361 g/mol. The van der Waals surface area contributed by atoms with E-state index in [0.717, 1.165) is 24.6 Å². The molecule has 0 radical (unpaired) electrons. The Balaban J connectivity index is 1.39. The summed E-state index contributed by atoms with van der Waals surface area (Å²) in [6.45, 7) is 5.23. The number of rotatable bonds is 7. The van der Waals surface area contributed by atoms with Crippen LogP contribution in [0.25, 0.3) is 0 Å². The molecule has 0 bridgehead atoms. The number of benzene rings is 1. The highest BCUT2D eigenvalue weighted by atomic mass is 15.4. The van der Waals surface area contributed by atoms with Crippen LogP contribution in [0.1, 0.15) is 37.6 Å². The second kappa shape index (κ2) is 7.82. The van der Waals surface area contributed by atoms with Crippen molar-refractivity contribution in [1.29, 1.82) is 0 Å². The minimum absolute atomic E-state index is 0.475. The largest absolute Gasteiger partial charge is 0.348 e. The van der Waals surface area contributed by atoms with E-state index in [1.54, 1.807) is 0 Å². The molecule has 0 saturated carbocycles. The molecule has 0 spiro atoms. The van der Waals surface area contributed by atoms with Crippen LogP contribution in [0.3, 0.4) is 0 Å². The maximum absolute atomic E-state index is 4.66. The number of para-hydroxylation sites is 1. The number of nitrogens with zero attached hydrogens (tertiary/aromatic N) is 4. The molecule has 5 heteroatoms. The SMILES string of the molecule is Cc1cc(CCCCC(C)N2CN(c3ccccc3)c3ncccc32)n[nH]1. The molecule has 0 fully saturated rings. The van der Waals surface area contributed by atoms with Crippen molar-refractivity contribution in [1.82, 2.24) is 15.2 Å². The van der Waals surface area contributed by atoms with Crippen LogP contribution in [0.4, 0.5) is 17.2 Å². The molecule has 1 aliphatic heterocycles. The van der Waals surface area contributed by atoms with Gasteiger partial charge >= 0.3 is 0 Å². The molecule has 1 aliphatic rings. The highest BCUT2D eigenvalue weighted by Crippen LogP contribution is 2.40. The van der Waals surface area contributed by atoms with Crippen molar-refractivity contribution in [2.45, 2.75) is 45.6 Å². The van der Waals surface area contributed by atoms with E-state index in [4.69, 9.17) is 0 Å². The standard InChI is InChI=1S/C22H27N5/c1-17-15-19(25-24-17)10-7-6-9-18(2)26-16-27(20-11-4-3-5-12-20)22-21(26)13-8-14-23-22/h3-5,8,11-15,18H,6-7,9-10,16H2,1-2H3,(H,24,25). The normalized spacial score (nSPS) is 14.4. The lowest BCUT2D eigenvalue weighted by molar-refractivity contribution is 0.558. The van der Waals surface area contributed by atoms with Gasteiger partial charge in [-0.1, -0.05) is 24.6 Å². The number of hydrogen-bond donors (Lipinski definition) is 1. The number of anilines is 3. The van der Waals surface area contributed by atoms with Crippen molar-refractivity contribution in [2.24, 2.45) is 0 Å². The molecule has 27 heavy (non-hydrogen) atoms. The molecule has 1 aromatic carbocycles. The molecular formula is C22H27N5. The molecule has 3 aromatic rings. The van der Waals surface area contributed by atoms with E-state index in [0.29, 0.717) is 6.04 Å². The molecule has 140 valence electrons. The first-order valence-corrected chi connectivity index (χ1v) is 9.77. The van der Waals surface area contributed by atoms with E-state index in [1.807, 2.05) is 12.3 Å². The number of aromatic amines is 1. The van der Waals surface area contributed by atoms with Crippen molar-refractivity contribution in [3.63, 3.8) is 0 Å². The maximum Gasteiger partial charge on any atom is 0.158 e. The number of unbranched alkanes of at least 4 members (excludes halogenated alkanes) is 1. The first-order chi connectivity index (χ1) is 13.2. The van der Waals surface area contributed by atoms with Crippen LogP contribution in [-0.2, 0) is 6.42 Å². The van der Waals surface area contributed by atoms with Gasteiger partial charge in [0.1, 0.15) is 0 Å². The Kier molecular flexibility index (Phi) is 5.10. The lowest BCUT2D eigenvalue weighted by Gasteiger charge is -2.27. The number of pyridine rings is 1. The first-order valence-electron chi connectivity index (χ1n) is 9.77. The van der Waals surface area contributed by atoms with Crippen LogP contribution in [0.2, 0.25) is 0 Å². The highest BCUT2D eigenvalue weighted by Gasteiger charge is 2.30. The minimum Gasteiger partial charge on any atom is -0.348 e. The van der Waals surface area contributed by atoms with Gasteiger partial charge in [-0.25, -0.2) is 4.98 Å². The Labute approximate surface area is 161 Å². The van der Waals surface area contributed by atoms with Gasteiger partial charge in [-0.3, -0.25) is 5.10 Å². The lowest BCUT2D eigenvalue weighted by Crippen LogP contribution is -2.35. The van der Waals surface area contributed by atoms with Crippen LogP contribution in [0.5, 0.6) is 0 Å². The summed E-state index contributed by atoms with van der Waals surface area (Å²) in [7, 11) is 0. The third-order valence-corrected chi connectivity index (χ3v) is 5.29. The predicted molar refractivity (Wildman–Crippen MR) is 111 cm³/mol. The number of nitrogens with one attached hydrogen (secondary N) is 1. The van der Waals surface area contributed by atoms with Gasteiger partial charge in [0.15, 0.2) is 5.82 Å². The molecule has 1 atom stereocenters. The zero-order chi connectivity index (χ0) is 18.6. The van der Waals surface area contributed by atoms with E-state index in [1.165, 1.54) is 36.3 Å². The fraction of sp³-hybridized carbons (Fsp3) is 0.364. The quantitative estimate of drug-likeness (QED) is 0.612. The molecule has 5 nitrogen and oxygen atoms in total. The predicted octanol–water partition coefficient (Wildman–Crippen LogP) is 4.83. The molecular weight excluding hydrogens is 334 g/mol. The highest BCUT2D eigenvalue weighted by molar-refractivity contribution is 5.79. The Morgan fingerprint density at radius 2 is 1.96 bits per heavy atom. The van der Waals surface area contributed by atoms with Crippen LogP contribution in [0, 0.1) is 6.92 Å². The molecule has 0 amide bonds. The zero-order valence-corrected chi connectivity index (χ0v) is 16.1. The van der Waals surface area contributed by atoms with Crippen molar-refractivity contribution in [3.05, 3.63) is 66.1 Å². The molecule has 3 heterocycles. The summed E-state index contributed by atoms with van der Waals surface area (Å²) < 4.78 is 0. The Hall–Kier alpha value is -2.82. The van der Waals surface area contributed by atoms with E-state index in [9.17, 15) is 0 Å². The van der Waals surface area contributed by atoms with Crippen molar-refractivity contribution in [3.8, 4) is 0 Å². The maximum atomic E-state index is 4.66. The second-order valence-corrected chi connectivity index (χ2v) is 7.36. The number of fused-ring (bicyclic) bond motifs is 1. The fourth-order valence-electron chi connectivity index (χ4n) is 3.81. The number of aryl methyl sites for hydroxylation is 2. The van der Waals surface area contributed by atoms with Crippen molar-refractivity contribution in [2.75, 3.05) is 16.5 Å². The zero-order valence-electron chi connectivity index (χ0n) is 16.1. The van der Waals surface area contributed by atoms with Gasteiger partial charge in [-0.15, -0.1) is 0 Å². The number of aromatic nitrogens is 3. The van der Waals surface area contributed by atoms with E-state index >= 15 is 0 Å². The topological polar surface area (TPSA) is 48.1 Å². The molecule has 4 rings (SSSR count). The third kappa shape index (κ3) is 3.82. The second-order valence-electron chi connectivity index (χ2n) is 7.36. The van der Waals surface area contributed by atoms with Crippen molar-refractivity contribution >= 4 is 17.2 Å². The summed E-state index contributed by atoms with van der Waals surface area (Å²) in [5, 5.41) is 7.36. The number of hydrogen-bond acceptors (Lipinski definition) is 4. The van der Waals surface area contributed by atoms with Gasteiger partial charge < -0.3 is 9.80 Å². The summed E-state index contributed by atoms with van der Waals surface area (Å²) in [5.74, 6) is 1.06. The van der Waals surface area contributed by atoms with E-state index in [-0.39, 0.29) is 0 Å². The van der Waals surface area contributed by atoms with Crippen LogP contribution in [0.15, 0.2) is 54.7 Å². The summed E-state index contributed by atoms with van der Waals surface area (Å²) >= 11 is 0. The summed E-state index contributed by atoms with van der Waals surface area (Å²) in [5.41, 5.74) is 4.74. The monoisotopic (exact) mass is 361 g/mol.